The van der Waals surface area contributed by atoms with Gasteiger partial charge in [-0.2, -0.15) is 0 Å². The van der Waals surface area contributed by atoms with Gasteiger partial charge in [0.25, 0.3) is 5.91 Å². The maximum Gasteiger partial charge on any atom is 0.328 e. The summed E-state index contributed by atoms with van der Waals surface area (Å²) in [5.41, 5.74) is -0.499. The average Bonchev–Trinajstić information content (AvgIpc) is 2.54. The average molecular weight is 325 g/mol. The van der Waals surface area contributed by atoms with Crippen molar-refractivity contribution in [3.05, 3.63) is 35.4 Å². The number of rotatable bonds is 4. The summed E-state index contributed by atoms with van der Waals surface area (Å²) in [4.78, 5) is 35.7. The highest BCUT2D eigenvalue weighted by Crippen LogP contribution is 2.25. The Labute approximate surface area is 132 Å². The van der Waals surface area contributed by atoms with E-state index in [9.17, 15) is 23.2 Å². The van der Waals surface area contributed by atoms with Crippen LogP contribution >= 0.6 is 0 Å². The molecule has 1 N–H and O–H groups in total. The molecule has 1 aliphatic carbocycles. The molecule has 7 heteroatoms. The van der Waals surface area contributed by atoms with Crippen LogP contribution in [0, 0.1) is 17.6 Å². The van der Waals surface area contributed by atoms with E-state index in [1.165, 1.54) is 6.07 Å². The Kier molecular flexibility index (Phi) is 5.41. The fraction of sp³-hybridized carbons (Fsp3) is 0.438. The number of amides is 1. The first-order valence-corrected chi connectivity index (χ1v) is 7.28. The SMILES string of the molecule is COC(=O)[C@@H](NC(=O)c1cccc(F)c1F)[C@H]1CCCC(=O)C1. The number of hydrogen-bond acceptors (Lipinski definition) is 4. The van der Waals surface area contributed by atoms with E-state index in [0.717, 1.165) is 19.2 Å². The smallest absolute Gasteiger partial charge is 0.328 e. The number of ketones is 1. The summed E-state index contributed by atoms with van der Waals surface area (Å²) < 4.78 is 31.6. The second kappa shape index (κ2) is 7.30. The van der Waals surface area contributed by atoms with Crippen LogP contribution in [0.4, 0.5) is 8.78 Å². The number of Topliss-reactive ketones (excluding diaryl/α,β-unsaturated/α-hetero) is 1. The van der Waals surface area contributed by atoms with Gasteiger partial charge in [-0.05, 0) is 30.9 Å². The maximum absolute atomic E-state index is 13.7. The Morgan fingerprint density at radius 2 is 2.09 bits per heavy atom. The molecule has 2 atom stereocenters. The fourth-order valence-electron chi connectivity index (χ4n) is 2.74. The van der Waals surface area contributed by atoms with Crippen LogP contribution in [0.5, 0.6) is 0 Å². The van der Waals surface area contributed by atoms with Crippen LogP contribution in [0.25, 0.3) is 0 Å². The largest absolute Gasteiger partial charge is 0.467 e. The number of benzene rings is 1. The minimum atomic E-state index is -1.28. The predicted molar refractivity (Wildman–Crippen MR) is 76.6 cm³/mol. The summed E-state index contributed by atoms with van der Waals surface area (Å²) in [5, 5.41) is 2.37. The summed E-state index contributed by atoms with van der Waals surface area (Å²) in [7, 11) is 1.16. The molecule has 124 valence electrons. The van der Waals surface area contributed by atoms with Crippen molar-refractivity contribution in [2.75, 3.05) is 7.11 Å². The Morgan fingerprint density at radius 3 is 2.74 bits per heavy atom. The molecule has 0 radical (unpaired) electrons. The molecule has 1 aromatic rings. The molecule has 2 rings (SSSR count). The molecule has 0 unspecified atom stereocenters. The zero-order chi connectivity index (χ0) is 17.0. The van der Waals surface area contributed by atoms with E-state index in [0.29, 0.717) is 19.3 Å². The van der Waals surface area contributed by atoms with Crippen LogP contribution in [-0.4, -0.2) is 30.8 Å². The van der Waals surface area contributed by atoms with Gasteiger partial charge in [-0.1, -0.05) is 6.07 Å². The third-order valence-electron chi connectivity index (χ3n) is 3.93. The van der Waals surface area contributed by atoms with Crippen LogP contribution in [0.2, 0.25) is 0 Å². The Balaban J connectivity index is 2.20. The lowest BCUT2D eigenvalue weighted by molar-refractivity contribution is -0.145. The van der Waals surface area contributed by atoms with Gasteiger partial charge < -0.3 is 10.1 Å². The first-order chi connectivity index (χ1) is 10.9. The highest BCUT2D eigenvalue weighted by molar-refractivity contribution is 5.97. The first kappa shape index (κ1) is 17.1. The minimum absolute atomic E-state index is 0.00124. The van der Waals surface area contributed by atoms with Gasteiger partial charge in [0.15, 0.2) is 11.6 Å². The lowest BCUT2D eigenvalue weighted by atomic mass is 9.83. The van der Waals surface area contributed by atoms with Crippen molar-refractivity contribution in [2.24, 2.45) is 5.92 Å². The monoisotopic (exact) mass is 325 g/mol. The number of methoxy groups -OCH3 is 1. The fourth-order valence-corrected chi connectivity index (χ4v) is 2.74. The second-order valence-corrected chi connectivity index (χ2v) is 5.47. The Morgan fingerprint density at radius 1 is 1.35 bits per heavy atom. The third kappa shape index (κ3) is 3.91. The zero-order valence-electron chi connectivity index (χ0n) is 12.6. The quantitative estimate of drug-likeness (QED) is 0.860. The van der Waals surface area contributed by atoms with E-state index in [1.807, 2.05) is 0 Å². The molecule has 5 nitrogen and oxygen atoms in total. The van der Waals surface area contributed by atoms with E-state index in [1.54, 1.807) is 0 Å². The molecule has 0 spiro atoms. The van der Waals surface area contributed by atoms with Crippen molar-refractivity contribution < 1.29 is 27.9 Å². The van der Waals surface area contributed by atoms with E-state index in [-0.39, 0.29) is 12.2 Å². The molecular weight excluding hydrogens is 308 g/mol. The van der Waals surface area contributed by atoms with E-state index < -0.39 is 41.0 Å². The van der Waals surface area contributed by atoms with E-state index in [4.69, 9.17) is 0 Å². The Hall–Kier alpha value is -2.31. The second-order valence-electron chi connectivity index (χ2n) is 5.47. The van der Waals surface area contributed by atoms with Gasteiger partial charge in [-0.3, -0.25) is 9.59 Å². The van der Waals surface area contributed by atoms with Crippen molar-refractivity contribution >= 4 is 17.7 Å². The summed E-state index contributed by atoms with van der Waals surface area (Å²) >= 11 is 0. The highest BCUT2D eigenvalue weighted by Gasteiger charge is 2.34. The number of halogens is 2. The van der Waals surface area contributed by atoms with E-state index >= 15 is 0 Å². The first-order valence-electron chi connectivity index (χ1n) is 7.28. The molecule has 1 saturated carbocycles. The van der Waals surface area contributed by atoms with Crippen LogP contribution in [0.3, 0.4) is 0 Å². The number of nitrogens with one attached hydrogen (secondary N) is 1. The topological polar surface area (TPSA) is 72.5 Å². The maximum atomic E-state index is 13.7. The predicted octanol–water partition coefficient (Wildman–Crippen LogP) is 2.00. The third-order valence-corrected chi connectivity index (χ3v) is 3.93. The van der Waals surface area contributed by atoms with Crippen molar-refractivity contribution in [3.8, 4) is 0 Å². The minimum Gasteiger partial charge on any atom is -0.467 e. The molecule has 1 aliphatic rings. The Bertz CT molecular complexity index is 633. The number of ether oxygens (including phenoxy) is 1. The van der Waals surface area contributed by atoms with Gasteiger partial charge >= 0.3 is 5.97 Å². The number of carbonyl (C=O) groups excluding carboxylic acids is 3. The normalized spacial score (nSPS) is 19.1. The molecule has 1 fully saturated rings. The lowest BCUT2D eigenvalue weighted by Gasteiger charge is -2.28. The highest BCUT2D eigenvalue weighted by atomic mass is 19.2. The van der Waals surface area contributed by atoms with E-state index in [2.05, 4.69) is 10.1 Å². The molecule has 0 bridgehead atoms. The molecule has 1 aromatic carbocycles. The molecule has 0 aliphatic heterocycles. The number of hydrogen-bond donors (Lipinski definition) is 1. The van der Waals surface area contributed by atoms with Crippen LogP contribution in [-0.2, 0) is 14.3 Å². The van der Waals surface area contributed by atoms with Crippen LogP contribution in [0.15, 0.2) is 18.2 Å². The van der Waals surface area contributed by atoms with Gasteiger partial charge in [-0.15, -0.1) is 0 Å². The van der Waals surface area contributed by atoms with Crippen molar-refractivity contribution in [1.82, 2.24) is 5.32 Å². The van der Waals surface area contributed by atoms with Crippen molar-refractivity contribution in [2.45, 2.75) is 31.7 Å². The standard InChI is InChI=1S/C16H17F2NO4/c1-23-16(22)14(9-4-2-5-10(20)8-9)19-15(21)11-6-3-7-12(17)13(11)18/h3,6-7,9,14H,2,4-5,8H2,1H3,(H,19,21)/t9-,14-/m0/s1. The molecule has 0 heterocycles. The summed E-state index contributed by atoms with van der Waals surface area (Å²) in [6, 6.07) is 2.14. The summed E-state index contributed by atoms with van der Waals surface area (Å²) in [6.45, 7) is 0. The summed E-state index contributed by atoms with van der Waals surface area (Å²) in [6.07, 6.45) is 1.77. The van der Waals surface area contributed by atoms with Crippen molar-refractivity contribution in [1.29, 1.82) is 0 Å². The zero-order valence-corrected chi connectivity index (χ0v) is 12.6. The number of carbonyl (C=O) groups is 3. The van der Waals surface area contributed by atoms with Crippen LogP contribution in [0.1, 0.15) is 36.0 Å². The molecule has 23 heavy (non-hydrogen) atoms. The summed E-state index contributed by atoms with van der Waals surface area (Å²) in [5.74, 6) is -4.48. The van der Waals surface area contributed by atoms with Gasteiger partial charge in [0, 0.05) is 12.8 Å². The van der Waals surface area contributed by atoms with Crippen molar-refractivity contribution in [3.63, 3.8) is 0 Å². The van der Waals surface area contributed by atoms with Crippen LogP contribution < -0.4 is 5.32 Å². The van der Waals surface area contributed by atoms with Gasteiger partial charge in [0.05, 0.1) is 12.7 Å². The molecule has 1 amide bonds. The molecule has 0 aromatic heterocycles. The lowest BCUT2D eigenvalue weighted by Crippen LogP contribution is -2.48. The van der Waals surface area contributed by atoms with Gasteiger partial charge in [-0.25, -0.2) is 13.6 Å². The van der Waals surface area contributed by atoms with Gasteiger partial charge in [0.2, 0.25) is 0 Å². The number of esters is 1. The molecular formula is C16H17F2NO4. The van der Waals surface area contributed by atoms with Gasteiger partial charge in [0.1, 0.15) is 11.8 Å². The molecule has 0 saturated heterocycles.